The zero-order chi connectivity index (χ0) is 21.7. The number of aliphatic hydroxyl groups is 1. The summed E-state index contributed by atoms with van der Waals surface area (Å²) in [4.78, 5) is 16.5. The second kappa shape index (κ2) is 10.5. The van der Waals surface area contributed by atoms with Crippen LogP contribution in [0.25, 0.3) is 0 Å². The number of nitrogens with one attached hydrogen (secondary N) is 1. The summed E-state index contributed by atoms with van der Waals surface area (Å²) in [7, 11) is 0. The first-order valence-electron chi connectivity index (χ1n) is 11.4. The van der Waals surface area contributed by atoms with Gasteiger partial charge in [0.15, 0.2) is 0 Å². The van der Waals surface area contributed by atoms with Crippen molar-refractivity contribution < 1.29 is 9.90 Å². The highest BCUT2D eigenvalue weighted by Gasteiger charge is 2.41. The summed E-state index contributed by atoms with van der Waals surface area (Å²) in [6.45, 7) is 7.41. The fraction of sp³-hybridized carbons (Fsp3) is 0.708. The lowest BCUT2D eigenvalue weighted by Gasteiger charge is -2.46. The van der Waals surface area contributed by atoms with Crippen molar-refractivity contribution in [1.29, 1.82) is 0 Å². The molecule has 0 radical (unpaired) electrons. The van der Waals surface area contributed by atoms with Crippen LogP contribution in [0, 0.1) is 11.8 Å². The highest BCUT2D eigenvalue weighted by atomic mass is 32.2. The Bertz CT molecular complexity index is 679. The molecule has 30 heavy (non-hydrogen) atoms. The molecule has 0 spiro atoms. The molecule has 4 N–H and O–H groups in total. The molecule has 5 atom stereocenters. The van der Waals surface area contributed by atoms with Crippen LogP contribution in [-0.2, 0) is 4.79 Å². The minimum Gasteiger partial charge on any atom is -0.390 e. The number of benzene rings is 1. The number of hydrogen-bond acceptors (Lipinski definition) is 5. The Kier molecular flexibility index (Phi) is 8.24. The van der Waals surface area contributed by atoms with Crippen LogP contribution in [0.3, 0.4) is 0 Å². The molecule has 1 aromatic carbocycles. The number of nitrogens with zero attached hydrogens (tertiary/aromatic N) is 1. The van der Waals surface area contributed by atoms with Gasteiger partial charge in [-0.2, -0.15) is 0 Å². The lowest BCUT2D eigenvalue weighted by molar-refractivity contribution is -0.132. The van der Waals surface area contributed by atoms with E-state index >= 15 is 0 Å². The number of β-amino-alcohol motifs (C(OH)–C–C–N with tert-alkyl or cyclic N) is 1. The van der Waals surface area contributed by atoms with Gasteiger partial charge in [-0.1, -0.05) is 37.5 Å². The summed E-state index contributed by atoms with van der Waals surface area (Å²) >= 11 is 1.67. The molecule has 0 bridgehead atoms. The van der Waals surface area contributed by atoms with Gasteiger partial charge in [0.05, 0.1) is 12.1 Å². The zero-order valence-electron chi connectivity index (χ0n) is 18.7. The maximum Gasteiger partial charge on any atom is 0.237 e. The molecule has 1 aliphatic carbocycles. The quantitative estimate of drug-likeness (QED) is 0.575. The largest absolute Gasteiger partial charge is 0.390 e. The average Bonchev–Trinajstić information content (AvgIpc) is 2.71. The molecule has 1 saturated heterocycles. The fourth-order valence-corrected chi connectivity index (χ4v) is 5.78. The Balaban J connectivity index is 1.62. The predicted octanol–water partition coefficient (Wildman–Crippen LogP) is 3.26. The van der Waals surface area contributed by atoms with E-state index in [2.05, 4.69) is 22.3 Å². The summed E-state index contributed by atoms with van der Waals surface area (Å²) < 4.78 is 0. The smallest absolute Gasteiger partial charge is 0.237 e. The van der Waals surface area contributed by atoms with Gasteiger partial charge in [0, 0.05) is 35.3 Å². The molecule has 4 unspecified atom stereocenters. The van der Waals surface area contributed by atoms with Gasteiger partial charge >= 0.3 is 0 Å². The lowest BCUT2D eigenvalue weighted by Crippen LogP contribution is -2.59. The number of nitrogens with two attached hydrogens (primary N) is 1. The molecule has 3 rings (SSSR count). The number of carbonyl (C=O) groups is 1. The standard InChI is InChI=1S/C24H39N3O2S/c1-24(2,3)26-23(29)21-13-17-9-7-8-10-18(17)14-27(21)15-22(28)20(25)16-30-19-11-5-4-6-12-19/h4-6,11-12,17-18,20-22,28H,7-10,13-16,25H2,1-3H3,(H,26,29)/t17?,18?,20-,21?,22?/m0/s1. The van der Waals surface area contributed by atoms with Crippen LogP contribution in [0.15, 0.2) is 35.2 Å². The fourth-order valence-electron chi connectivity index (χ4n) is 4.82. The van der Waals surface area contributed by atoms with Crippen molar-refractivity contribution in [2.24, 2.45) is 17.6 Å². The summed E-state index contributed by atoms with van der Waals surface area (Å²) in [6, 6.07) is 9.64. The maximum absolute atomic E-state index is 13.1. The van der Waals surface area contributed by atoms with Gasteiger partial charge in [0.2, 0.25) is 5.91 Å². The van der Waals surface area contributed by atoms with Gasteiger partial charge in [0.25, 0.3) is 0 Å². The Labute approximate surface area is 186 Å². The molecule has 2 aliphatic rings. The third kappa shape index (κ3) is 6.71. The maximum atomic E-state index is 13.1. The first kappa shape index (κ1) is 23.6. The van der Waals surface area contributed by atoms with Gasteiger partial charge in [-0.05, 0) is 57.6 Å². The van der Waals surface area contributed by atoms with Crippen molar-refractivity contribution in [3.05, 3.63) is 30.3 Å². The van der Waals surface area contributed by atoms with Crippen LogP contribution in [0.4, 0.5) is 0 Å². The molecular weight excluding hydrogens is 394 g/mol. The van der Waals surface area contributed by atoms with E-state index in [0.29, 0.717) is 24.1 Å². The van der Waals surface area contributed by atoms with E-state index < -0.39 is 6.10 Å². The molecule has 5 nitrogen and oxygen atoms in total. The van der Waals surface area contributed by atoms with Gasteiger partial charge in [-0.25, -0.2) is 0 Å². The molecule has 2 fully saturated rings. The van der Waals surface area contributed by atoms with Crippen LogP contribution in [-0.4, -0.2) is 58.5 Å². The zero-order valence-corrected chi connectivity index (χ0v) is 19.5. The molecule has 6 heteroatoms. The minimum atomic E-state index is -0.647. The molecule has 1 saturated carbocycles. The first-order valence-corrected chi connectivity index (χ1v) is 12.4. The second-order valence-electron chi connectivity index (χ2n) is 10.1. The topological polar surface area (TPSA) is 78.6 Å². The summed E-state index contributed by atoms with van der Waals surface area (Å²) in [5, 5.41) is 14.0. The Morgan fingerprint density at radius 1 is 1.23 bits per heavy atom. The van der Waals surface area contributed by atoms with Crippen LogP contribution in [0.1, 0.15) is 52.9 Å². The third-order valence-electron chi connectivity index (χ3n) is 6.40. The average molecular weight is 434 g/mol. The molecule has 1 amide bonds. The van der Waals surface area contributed by atoms with Crippen LogP contribution in [0.2, 0.25) is 0 Å². The first-order chi connectivity index (χ1) is 14.2. The van der Waals surface area contributed by atoms with E-state index in [0.717, 1.165) is 17.9 Å². The van der Waals surface area contributed by atoms with Crippen molar-refractivity contribution in [2.45, 2.75) is 81.5 Å². The van der Waals surface area contributed by atoms with Crippen molar-refractivity contribution >= 4 is 17.7 Å². The monoisotopic (exact) mass is 433 g/mol. The number of piperidine rings is 1. The predicted molar refractivity (Wildman–Crippen MR) is 124 cm³/mol. The molecular formula is C24H39N3O2S. The highest BCUT2D eigenvalue weighted by molar-refractivity contribution is 7.99. The van der Waals surface area contributed by atoms with Gasteiger partial charge < -0.3 is 16.2 Å². The number of hydrogen-bond donors (Lipinski definition) is 3. The molecule has 0 aromatic heterocycles. The summed E-state index contributed by atoms with van der Waals surface area (Å²) in [5.74, 6) is 2.01. The molecule has 1 heterocycles. The number of aliphatic hydroxyl groups excluding tert-OH is 1. The summed E-state index contributed by atoms with van der Waals surface area (Å²) in [5.41, 5.74) is 6.08. The van der Waals surface area contributed by atoms with E-state index in [4.69, 9.17) is 5.73 Å². The number of likely N-dealkylation sites (tertiary alicyclic amines) is 1. The van der Waals surface area contributed by atoms with E-state index in [1.54, 1.807) is 11.8 Å². The van der Waals surface area contributed by atoms with E-state index in [9.17, 15) is 9.90 Å². The van der Waals surface area contributed by atoms with E-state index in [1.807, 2.05) is 39.0 Å². The van der Waals surface area contributed by atoms with Crippen LogP contribution >= 0.6 is 11.8 Å². The normalized spacial score (nSPS) is 27.2. The van der Waals surface area contributed by atoms with Gasteiger partial charge in [-0.15, -0.1) is 11.8 Å². The molecule has 1 aliphatic heterocycles. The number of carbonyl (C=O) groups excluding carboxylic acids is 1. The van der Waals surface area contributed by atoms with Crippen molar-refractivity contribution in [2.75, 3.05) is 18.8 Å². The highest BCUT2D eigenvalue weighted by Crippen LogP contribution is 2.38. The second-order valence-corrected chi connectivity index (χ2v) is 11.2. The van der Waals surface area contributed by atoms with Crippen LogP contribution < -0.4 is 11.1 Å². The molecule has 1 aromatic rings. The number of rotatable bonds is 7. The summed E-state index contributed by atoms with van der Waals surface area (Å²) in [6.07, 6.45) is 5.27. The van der Waals surface area contributed by atoms with Gasteiger partial charge in [-0.3, -0.25) is 9.69 Å². The van der Waals surface area contributed by atoms with Crippen LogP contribution in [0.5, 0.6) is 0 Å². The number of amides is 1. The number of thioether (sulfide) groups is 1. The molecule has 168 valence electrons. The van der Waals surface area contributed by atoms with E-state index in [1.165, 1.54) is 25.7 Å². The lowest BCUT2D eigenvalue weighted by atomic mass is 9.72. The minimum absolute atomic E-state index is 0.0888. The van der Waals surface area contributed by atoms with Gasteiger partial charge in [0.1, 0.15) is 0 Å². The van der Waals surface area contributed by atoms with Crippen molar-refractivity contribution in [1.82, 2.24) is 10.2 Å². The SMILES string of the molecule is CC(C)(C)NC(=O)C1CC2CCCCC2CN1CC(O)[C@@H](N)CSc1ccccc1. The Morgan fingerprint density at radius 2 is 1.90 bits per heavy atom. The van der Waals surface area contributed by atoms with Crippen molar-refractivity contribution in [3.63, 3.8) is 0 Å². The number of fused-ring (bicyclic) bond motifs is 1. The Hall–Kier alpha value is -1.08. The Morgan fingerprint density at radius 3 is 2.57 bits per heavy atom. The van der Waals surface area contributed by atoms with E-state index in [-0.39, 0.29) is 23.5 Å². The van der Waals surface area contributed by atoms with Crippen molar-refractivity contribution in [3.8, 4) is 0 Å². The third-order valence-corrected chi connectivity index (χ3v) is 7.56.